The summed E-state index contributed by atoms with van der Waals surface area (Å²) in [5.41, 5.74) is 3.91. The molecule has 0 radical (unpaired) electrons. The van der Waals surface area contributed by atoms with Crippen molar-refractivity contribution in [3.05, 3.63) is 23.0 Å². The van der Waals surface area contributed by atoms with Crippen LogP contribution in [0, 0.1) is 13.8 Å². The maximum absolute atomic E-state index is 10.3. The molecule has 0 unspecified atom stereocenters. The van der Waals surface area contributed by atoms with Crippen LogP contribution in [0.3, 0.4) is 0 Å². The van der Waals surface area contributed by atoms with Crippen molar-refractivity contribution in [2.45, 2.75) is 39.5 Å². The first-order chi connectivity index (χ1) is 7.02. The molecule has 0 aliphatic rings. The van der Waals surface area contributed by atoms with Crippen molar-refractivity contribution in [2.75, 3.05) is 0 Å². The second-order valence-corrected chi connectivity index (χ2v) is 4.06. The van der Waals surface area contributed by atoms with Gasteiger partial charge in [-0.2, -0.15) is 0 Å². The van der Waals surface area contributed by atoms with Gasteiger partial charge in [0, 0.05) is 24.9 Å². The third-order valence-corrected chi connectivity index (χ3v) is 2.97. The molecule has 84 valence electrons. The molecular formula is C12H19NO2. The molecule has 0 aliphatic carbocycles. The molecule has 1 N–H and O–H groups in total. The Labute approximate surface area is 90.7 Å². The molecule has 1 rings (SSSR count). The highest BCUT2D eigenvalue weighted by molar-refractivity contribution is 5.66. The van der Waals surface area contributed by atoms with Gasteiger partial charge in [-0.15, -0.1) is 0 Å². The van der Waals surface area contributed by atoms with Gasteiger partial charge >= 0.3 is 5.97 Å². The normalized spacial score (nSPS) is 10.6. The molecule has 0 bridgehead atoms. The van der Waals surface area contributed by atoms with Gasteiger partial charge in [0.25, 0.3) is 0 Å². The van der Waals surface area contributed by atoms with Gasteiger partial charge in [-0.05, 0) is 44.7 Å². The van der Waals surface area contributed by atoms with Crippen molar-refractivity contribution < 1.29 is 9.90 Å². The number of unbranched alkanes of at least 4 members (excludes halogenated alkanes) is 1. The molecule has 0 saturated heterocycles. The van der Waals surface area contributed by atoms with E-state index in [0.29, 0.717) is 0 Å². The predicted octanol–water partition coefficient (Wildman–Crippen LogP) is 2.44. The highest BCUT2D eigenvalue weighted by Crippen LogP contribution is 2.16. The summed E-state index contributed by atoms with van der Waals surface area (Å²) in [6.07, 6.45) is 2.99. The van der Waals surface area contributed by atoms with Crippen molar-refractivity contribution in [3.63, 3.8) is 0 Å². The molecule has 15 heavy (non-hydrogen) atoms. The van der Waals surface area contributed by atoms with Crippen LogP contribution in [0.1, 0.15) is 36.2 Å². The predicted molar refractivity (Wildman–Crippen MR) is 60.1 cm³/mol. The van der Waals surface area contributed by atoms with Crippen LogP contribution in [0.4, 0.5) is 0 Å². The number of carboxylic acids is 1. The molecule has 0 spiro atoms. The molecule has 0 fully saturated rings. The van der Waals surface area contributed by atoms with Crippen LogP contribution < -0.4 is 0 Å². The topological polar surface area (TPSA) is 42.2 Å². The van der Waals surface area contributed by atoms with Gasteiger partial charge in [0.15, 0.2) is 0 Å². The van der Waals surface area contributed by atoms with Gasteiger partial charge < -0.3 is 9.67 Å². The Morgan fingerprint density at radius 2 is 2.07 bits per heavy atom. The van der Waals surface area contributed by atoms with Crippen LogP contribution in [-0.2, 0) is 18.3 Å². The lowest BCUT2D eigenvalue weighted by molar-refractivity contribution is -0.137. The summed E-state index contributed by atoms with van der Waals surface area (Å²) >= 11 is 0. The minimum absolute atomic E-state index is 0.283. The van der Waals surface area contributed by atoms with Crippen molar-refractivity contribution >= 4 is 5.97 Å². The Hall–Kier alpha value is -1.25. The standard InChI is InChI=1S/C12H19NO2/c1-9-8-11(10(2)13(9)3)6-4-5-7-12(14)15/h8H,4-7H2,1-3H3,(H,14,15). The molecule has 3 heteroatoms. The minimum Gasteiger partial charge on any atom is -0.481 e. The Balaban J connectivity index is 2.44. The van der Waals surface area contributed by atoms with Gasteiger partial charge in [-0.1, -0.05) is 0 Å². The lowest BCUT2D eigenvalue weighted by Gasteiger charge is -2.02. The van der Waals surface area contributed by atoms with Crippen LogP contribution in [0.15, 0.2) is 6.07 Å². The molecule has 0 saturated carbocycles. The molecule has 0 atom stereocenters. The zero-order valence-corrected chi connectivity index (χ0v) is 9.71. The van der Waals surface area contributed by atoms with E-state index in [0.717, 1.165) is 19.3 Å². The maximum atomic E-state index is 10.3. The molecule has 1 aromatic rings. The fraction of sp³-hybridized carbons (Fsp3) is 0.583. The Morgan fingerprint density at radius 1 is 1.40 bits per heavy atom. The van der Waals surface area contributed by atoms with E-state index in [4.69, 9.17) is 5.11 Å². The number of aliphatic carboxylic acids is 1. The van der Waals surface area contributed by atoms with Crippen molar-refractivity contribution in [2.24, 2.45) is 7.05 Å². The average Bonchev–Trinajstić information content (AvgIpc) is 2.41. The smallest absolute Gasteiger partial charge is 0.303 e. The summed E-state index contributed by atoms with van der Waals surface area (Å²) in [6, 6.07) is 2.19. The quantitative estimate of drug-likeness (QED) is 0.757. The summed E-state index contributed by atoms with van der Waals surface area (Å²) in [7, 11) is 2.06. The molecule has 0 aliphatic heterocycles. The number of hydrogen-bond acceptors (Lipinski definition) is 1. The minimum atomic E-state index is -0.698. The second kappa shape index (κ2) is 5.01. The number of nitrogens with zero attached hydrogens (tertiary/aromatic N) is 1. The van der Waals surface area contributed by atoms with Crippen LogP contribution in [0.5, 0.6) is 0 Å². The first-order valence-electron chi connectivity index (χ1n) is 5.36. The van der Waals surface area contributed by atoms with Gasteiger partial charge in [0.05, 0.1) is 0 Å². The van der Waals surface area contributed by atoms with Gasteiger partial charge in [0.2, 0.25) is 0 Å². The zero-order chi connectivity index (χ0) is 11.4. The van der Waals surface area contributed by atoms with E-state index < -0.39 is 5.97 Å². The Bertz CT molecular complexity index is 353. The van der Waals surface area contributed by atoms with Crippen molar-refractivity contribution in [1.29, 1.82) is 0 Å². The number of rotatable bonds is 5. The largest absolute Gasteiger partial charge is 0.481 e. The van der Waals surface area contributed by atoms with E-state index >= 15 is 0 Å². The van der Waals surface area contributed by atoms with E-state index in [9.17, 15) is 4.79 Å². The third kappa shape index (κ3) is 3.11. The highest BCUT2D eigenvalue weighted by Gasteiger charge is 2.05. The summed E-state index contributed by atoms with van der Waals surface area (Å²) < 4.78 is 2.17. The van der Waals surface area contributed by atoms with Crippen LogP contribution in [0.2, 0.25) is 0 Å². The monoisotopic (exact) mass is 209 g/mol. The first kappa shape index (κ1) is 11.8. The summed E-state index contributed by atoms with van der Waals surface area (Å²) in [4.78, 5) is 10.3. The summed E-state index contributed by atoms with van der Waals surface area (Å²) in [6.45, 7) is 4.20. The SMILES string of the molecule is Cc1cc(CCCCC(=O)O)c(C)n1C. The van der Waals surface area contributed by atoms with E-state index in [-0.39, 0.29) is 6.42 Å². The maximum Gasteiger partial charge on any atom is 0.303 e. The van der Waals surface area contributed by atoms with Crippen LogP contribution in [0.25, 0.3) is 0 Å². The molecule has 0 aromatic carbocycles. The summed E-state index contributed by atoms with van der Waals surface area (Å²) in [5, 5.41) is 8.51. The van der Waals surface area contributed by atoms with Crippen molar-refractivity contribution in [3.8, 4) is 0 Å². The van der Waals surface area contributed by atoms with Gasteiger partial charge in [-0.3, -0.25) is 4.79 Å². The fourth-order valence-electron chi connectivity index (χ4n) is 1.78. The highest BCUT2D eigenvalue weighted by atomic mass is 16.4. The molecule has 0 amide bonds. The van der Waals surface area contributed by atoms with E-state index in [2.05, 4.69) is 31.5 Å². The number of aromatic nitrogens is 1. The molecular weight excluding hydrogens is 190 g/mol. The van der Waals surface area contributed by atoms with Gasteiger partial charge in [0.1, 0.15) is 0 Å². The molecule has 1 aromatic heterocycles. The number of aryl methyl sites for hydroxylation is 2. The number of carbonyl (C=O) groups is 1. The molecule has 3 nitrogen and oxygen atoms in total. The van der Waals surface area contributed by atoms with E-state index in [1.807, 2.05) is 0 Å². The first-order valence-corrected chi connectivity index (χ1v) is 5.36. The lowest BCUT2D eigenvalue weighted by Crippen LogP contribution is -1.96. The fourth-order valence-corrected chi connectivity index (χ4v) is 1.78. The van der Waals surface area contributed by atoms with Crippen LogP contribution in [-0.4, -0.2) is 15.6 Å². The van der Waals surface area contributed by atoms with E-state index in [1.165, 1.54) is 17.0 Å². The Morgan fingerprint density at radius 3 is 2.53 bits per heavy atom. The number of hydrogen-bond donors (Lipinski definition) is 1. The van der Waals surface area contributed by atoms with E-state index in [1.54, 1.807) is 0 Å². The number of carboxylic acid groups (broad SMARTS) is 1. The lowest BCUT2D eigenvalue weighted by atomic mass is 10.1. The van der Waals surface area contributed by atoms with Crippen molar-refractivity contribution in [1.82, 2.24) is 4.57 Å². The Kier molecular flexibility index (Phi) is 3.95. The third-order valence-electron chi connectivity index (χ3n) is 2.97. The average molecular weight is 209 g/mol. The summed E-state index contributed by atoms with van der Waals surface area (Å²) in [5.74, 6) is -0.698. The molecule has 1 heterocycles. The van der Waals surface area contributed by atoms with Crippen LogP contribution >= 0.6 is 0 Å². The zero-order valence-electron chi connectivity index (χ0n) is 9.71. The van der Waals surface area contributed by atoms with Gasteiger partial charge in [-0.25, -0.2) is 0 Å². The second-order valence-electron chi connectivity index (χ2n) is 4.06.